The lowest BCUT2D eigenvalue weighted by molar-refractivity contribution is 0.0770. The van der Waals surface area contributed by atoms with E-state index in [-0.39, 0.29) is 10.7 Å². The lowest BCUT2D eigenvalue weighted by Gasteiger charge is -2.22. The number of nitrogens with zero attached hydrogens (tertiary/aromatic N) is 3. The third-order valence-corrected chi connectivity index (χ3v) is 5.94. The van der Waals surface area contributed by atoms with E-state index in [1.807, 2.05) is 35.7 Å². The molecule has 2 heterocycles. The highest BCUT2D eigenvalue weighted by Gasteiger charge is 2.28. The SMILES string of the molecule is CN(C)c1nc(N)c(C(=O)N2CCSC(C)(C)CC2)s1. The Morgan fingerprint density at radius 1 is 1.40 bits per heavy atom. The van der Waals surface area contributed by atoms with Crippen molar-refractivity contribution in [3.63, 3.8) is 0 Å². The number of amides is 1. The monoisotopic (exact) mass is 314 g/mol. The van der Waals surface area contributed by atoms with Crippen LogP contribution in [-0.4, -0.2) is 53.5 Å². The Morgan fingerprint density at radius 2 is 2.10 bits per heavy atom. The molecule has 2 N–H and O–H groups in total. The standard InChI is InChI=1S/C13H22N4OS2/c1-13(2)5-6-17(7-8-19-13)11(18)9-10(14)15-12(20-9)16(3)4/h5-8,14H2,1-4H3. The van der Waals surface area contributed by atoms with E-state index in [0.29, 0.717) is 10.7 Å². The van der Waals surface area contributed by atoms with Crippen molar-refractivity contribution < 1.29 is 4.79 Å². The molecular formula is C13H22N4OS2. The molecule has 2 rings (SSSR count). The van der Waals surface area contributed by atoms with Gasteiger partial charge < -0.3 is 15.5 Å². The van der Waals surface area contributed by atoms with E-state index in [1.165, 1.54) is 11.3 Å². The van der Waals surface area contributed by atoms with Crippen molar-refractivity contribution in [2.24, 2.45) is 0 Å². The average molecular weight is 314 g/mol. The molecule has 1 fully saturated rings. The second-order valence-electron chi connectivity index (χ2n) is 5.76. The lowest BCUT2D eigenvalue weighted by Crippen LogP contribution is -2.33. The highest BCUT2D eigenvalue weighted by molar-refractivity contribution is 8.00. The number of nitrogen functional groups attached to an aromatic ring is 1. The zero-order valence-electron chi connectivity index (χ0n) is 12.5. The summed E-state index contributed by atoms with van der Waals surface area (Å²) in [6, 6.07) is 0. The van der Waals surface area contributed by atoms with Gasteiger partial charge in [-0.1, -0.05) is 25.2 Å². The number of thioether (sulfide) groups is 1. The van der Waals surface area contributed by atoms with Crippen LogP contribution in [0.2, 0.25) is 0 Å². The second kappa shape index (κ2) is 5.81. The van der Waals surface area contributed by atoms with Crippen LogP contribution >= 0.6 is 23.1 Å². The highest BCUT2D eigenvalue weighted by atomic mass is 32.2. The Hall–Kier alpha value is -0.950. The molecule has 0 aromatic carbocycles. The highest BCUT2D eigenvalue weighted by Crippen LogP contribution is 2.33. The third-order valence-electron chi connectivity index (χ3n) is 3.34. The molecule has 20 heavy (non-hydrogen) atoms. The summed E-state index contributed by atoms with van der Waals surface area (Å²) in [5.74, 6) is 1.34. The zero-order chi connectivity index (χ0) is 14.9. The number of nitrogens with two attached hydrogens (primary N) is 1. The van der Waals surface area contributed by atoms with Crippen molar-refractivity contribution in [1.82, 2.24) is 9.88 Å². The largest absolute Gasteiger partial charge is 0.382 e. The van der Waals surface area contributed by atoms with E-state index in [2.05, 4.69) is 18.8 Å². The molecule has 0 atom stereocenters. The fourth-order valence-electron chi connectivity index (χ4n) is 2.03. The molecule has 0 bridgehead atoms. The van der Waals surface area contributed by atoms with Crippen molar-refractivity contribution in [2.45, 2.75) is 25.0 Å². The van der Waals surface area contributed by atoms with Gasteiger partial charge in [-0.3, -0.25) is 4.79 Å². The molecule has 5 nitrogen and oxygen atoms in total. The van der Waals surface area contributed by atoms with Crippen LogP contribution in [0.5, 0.6) is 0 Å². The molecule has 7 heteroatoms. The Morgan fingerprint density at radius 3 is 2.70 bits per heavy atom. The summed E-state index contributed by atoms with van der Waals surface area (Å²) in [6.07, 6.45) is 1.00. The maximum Gasteiger partial charge on any atom is 0.267 e. The van der Waals surface area contributed by atoms with E-state index in [4.69, 9.17) is 5.73 Å². The first-order valence-corrected chi connectivity index (χ1v) is 8.47. The normalized spacial score (nSPS) is 18.7. The average Bonchev–Trinajstić information content (AvgIpc) is 2.65. The summed E-state index contributed by atoms with van der Waals surface area (Å²) in [4.78, 5) is 21.2. The molecule has 112 valence electrons. The summed E-state index contributed by atoms with van der Waals surface area (Å²) in [5.41, 5.74) is 5.90. The Labute approximate surface area is 128 Å². The first-order chi connectivity index (χ1) is 9.30. The third kappa shape index (κ3) is 3.38. The van der Waals surface area contributed by atoms with Gasteiger partial charge in [0.1, 0.15) is 10.7 Å². The van der Waals surface area contributed by atoms with E-state index < -0.39 is 0 Å². The summed E-state index contributed by atoms with van der Waals surface area (Å²) in [6.45, 7) is 6.03. The number of rotatable bonds is 2. The van der Waals surface area contributed by atoms with Gasteiger partial charge in [0.2, 0.25) is 0 Å². The fourth-order valence-corrected chi connectivity index (χ4v) is 4.01. The number of aromatic nitrogens is 1. The van der Waals surface area contributed by atoms with Crippen LogP contribution in [0.1, 0.15) is 29.9 Å². The predicted octanol–water partition coefficient (Wildman–Crippen LogP) is 2.15. The topological polar surface area (TPSA) is 62.5 Å². The van der Waals surface area contributed by atoms with Crippen LogP contribution in [0.25, 0.3) is 0 Å². The first-order valence-electron chi connectivity index (χ1n) is 6.67. The van der Waals surface area contributed by atoms with Gasteiger partial charge in [-0.25, -0.2) is 4.98 Å². The van der Waals surface area contributed by atoms with Gasteiger partial charge in [0.05, 0.1) is 0 Å². The first kappa shape index (κ1) is 15.4. The minimum Gasteiger partial charge on any atom is -0.382 e. The van der Waals surface area contributed by atoms with E-state index >= 15 is 0 Å². The predicted molar refractivity (Wildman–Crippen MR) is 87.9 cm³/mol. The number of hydrogen-bond donors (Lipinski definition) is 1. The van der Waals surface area contributed by atoms with Crippen molar-refractivity contribution >= 4 is 40.0 Å². The fraction of sp³-hybridized carbons (Fsp3) is 0.692. The summed E-state index contributed by atoms with van der Waals surface area (Å²) < 4.78 is 0.239. The van der Waals surface area contributed by atoms with Gasteiger partial charge in [0.15, 0.2) is 5.13 Å². The molecule has 1 amide bonds. The van der Waals surface area contributed by atoms with Gasteiger partial charge in [0.25, 0.3) is 5.91 Å². The quantitative estimate of drug-likeness (QED) is 0.906. The van der Waals surface area contributed by atoms with Gasteiger partial charge in [-0.15, -0.1) is 0 Å². The Bertz CT molecular complexity index is 499. The van der Waals surface area contributed by atoms with Crippen LogP contribution in [0.4, 0.5) is 10.9 Å². The second-order valence-corrected chi connectivity index (χ2v) is 8.54. The maximum atomic E-state index is 12.6. The summed E-state index contributed by atoms with van der Waals surface area (Å²) in [5, 5.41) is 0.773. The molecule has 0 aliphatic carbocycles. The number of carbonyl (C=O) groups excluding carboxylic acids is 1. The molecule has 1 saturated heterocycles. The van der Waals surface area contributed by atoms with E-state index in [9.17, 15) is 4.79 Å². The van der Waals surface area contributed by atoms with Crippen LogP contribution in [0.15, 0.2) is 0 Å². The Kier molecular flexibility index (Phi) is 4.49. The number of carbonyl (C=O) groups is 1. The number of thiazole rings is 1. The molecule has 1 aliphatic heterocycles. The van der Waals surface area contributed by atoms with Crippen LogP contribution in [0.3, 0.4) is 0 Å². The Balaban J connectivity index is 2.15. The molecule has 1 aliphatic rings. The minimum absolute atomic E-state index is 0.0198. The lowest BCUT2D eigenvalue weighted by atomic mass is 10.1. The molecule has 0 radical (unpaired) electrons. The van der Waals surface area contributed by atoms with E-state index in [1.54, 1.807) is 0 Å². The molecule has 0 spiro atoms. The van der Waals surface area contributed by atoms with Gasteiger partial charge >= 0.3 is 0 Å². The molecule has 0 saturated carbocycles. The minimum atomic E-state index is 0.0198. The van der Waals surface area contributed by atoms with Crippen molar-refractivity contribution in [3.8, 4) is 0 Å². The van der Waals surface area contributed by atoms with E-state index in [0.717, 1.165) is 30.4 Å². The van der Waals surface area contributed by atoms with Crippen molar-refractivity contribution in [3.05, 3.63) is 4.88 Å². The summed E-state index contributed by atoms with van der Waals surface area (Å²) in [7, 11) is 3.80. The van der Waals surface area contributed by atoms with Crippen molar-refractivity contribution in [2.75, 3.05) is 43.6 Å². The van der Waals surface area contributed by atoms with Gasteiger partial charge in [-0.05, 0) is 6.42 Å². The molecule has 1 aromatic rings. The number of anilines is 2. The molecule has 1 aromatic heterocycles. The van der Waals surface area contributed by atoms with Gasteiger partial charge in [-0.2, -0.15) is 11.8 Å². The molecular weight excluding hydrogens is 292 g/mol. The summed E-state index contributed by atoms with van der Waals surface area (Å²) >= 11 is 3.29. The van der Waals surface area contributed by atoms with Crippen LogP contribution < -0.4 is 10.6 Å². The maximum absolute atomic E-state index is 12.6. The van der Waals surface area contributed by atoms with Crippen LogP contribution in [0, 0.1) is 0 Å². The molecule has 0 unspecified atom stereocenters. The van der Waals surface area contributed by atoms with Crippen molar-refractivity contribution in [1.29, 1.82) is 0 Å². The van der Waals surface area contributed by atoms with Crippen LogP contribution in [-0.2, 0) is 0 Å². The van der Waals surface area contributed by atoms with Gasteiger partial charge in [0, 0.05) is 37.7 Å². The number of hydrogen-bond acceptors (Lipinski definition) is 6. The smallest absolute Gasteiger partial charge is 0.267 e. The zero-order valence-corrected chi connectivity index (χ0v) is 14.1.